The van der Waals surface area contributed by atoms with E-state index in [4.69, 9.17) is 9.68 Å². The van der Waals surface area contributed by atoms with E-state index in [2.05, 4.69) is 26.6 Å². The number of anilines is 1. The minimum absolute atomic E-state index is 0.0164. The Morgan fingerprint density at radius 1 is 1.33 bits per heavy atom. The number of carbonyl (C=O) groups excluding carboxylic acids is 1. The molecule has 1 amide bonds. The largest absolute Gasteiger partial charge is 0.467 e. The first-order valence-electron chi connectivity index (χ1n) is 6.12. The molecule has 1 heterocycles. The number of rotatable bonds is 5. The van der Waals surface area contributed by atoms with Gasteiger partial charge in [-0.3, -0.25) is 4.79 Å². The van der Waals surface area contributed by atoms with Crippen LogP contribution in [0.1, 0.15) is 5.76 Å². The second-order valence-corrected chi connectivity index (χ2v) is 4.91. The monoisotopic (exact) mass is 345 g/mol. The van der Waals surface area contributed by atoms with E-state index in [1.165, 1.54) is 12.5 Å². The lowest BCUT2D eigenvalue weighted by atomic mass is 10.2. The lowest BCUT2D eigenvalue weighted by molar-refractivity contribution is -0.117. The van der Waals surface area contributed by atoms with Crippen molar-refractivity contribution in [2.75, 3.05) is 5.32 Å². The third kappa shape index (κ3) is 4.23. The molecule has 2 N–H and O–H groups in total. The second kappa shape index (κ2) is 7.31. The molecule has 0 atom stereocenters. The van der Waals surface area contributed by atoms with Crippen LogP contribution in [0.4, 0.5) is 5.69 Å². The molecule has 0 bridgehead atoms. The molecule has 5 nitrogen and oxygen atoms in total. The zero-order chi connectivity index (χ0) is 15.1. The predicted octanol–water partition coefficient (Wildman–Crippen LogP) is 3.18. The van der Waals surface area contributed by atoms with Crippen LogP contribution in [0.15, 0.2) is 63.3 Å². The summed E-state index contributed by atoms with van der Waals surface area (Å²) in [5.41, 5.74) is 0.751. The smallest absolute Gasteiger partial charge is 0.263 e. The number of nitrogens with zero attached hydrogens (tertiary/aromatic N) is 1. The first-order valence-corrected chi connectivity index (χ1v) is 6.92. The Bertz CT molecular complexity index is 687. The van der Waals surface area contributed by atoms with Crippen LogP contribution in [0, 0.1) is 11.3 Å². The van der Waals surface area contributed by atoms with Crippen LogP contribution >= 0.6 is 15.9 Å². The first kappa shape index (κ1) is 14.9. The third-order valence-corrected chi connectivity index (χ3v) is 3.31. The van der Waals surface area contributed by atoms with Gasteiger partial charge >= 0.3 is 0 Å². The summed E-state index contributed by atoms with van der Waals surface area (Å²) in [7, 11) is 0. The van der Waals surface area contributed by atoms with Gasteiger partial charge < -0.3 is 15.1 Å². The van der Waals surface area contributed by atoms with Crippen LogP contribution in [0.5, 0.6) is 0 Å². The first-order chi connectivity index (χ1) is 10.2. The molecule has 0 radical (unpaired) electrons. The van der Waals surface area contributed by atoms with Crippen molar-refractivity contribution in [1.29, 1.82) is 5.26 Å². The van der Waals surface area contributed by atoms with E-state index in [9.17, 15) is 4.79 Å². The maximum Gasteiger partial charge on any atom is 0.263 e. The average molecular weight is 346 g/mol. The molecular weight excluding hydrogens is 334 g/mol. The van der Waals surface area contributed by atoms with E-state index >= 15 is 0 Å². The van der Waals surface area contributed by atoms with E-state index in [0.717, 1.165) is 10.2 Å². The minimum Gasteiger partial charge on any atom is -0.467 e. The van der Waals surface area contributed by atoms with Gasteiger partial charge in [-0.1, -0.05) is 12.1 Å². The highest BCUT2D eigenvalue weighted by Gasteiger charge is 2.09. The molecule has 21 heavy (non-hydrogen) atoms. The molecule has 2 aromatic rings. The number of nitrogens with one attached hydrogen (secondary N) is 2. The summed E-state index contributed by atoms with van der Waals surface area (Å²) in [5.74, 6) is 0.160. The molecule has 6 heteroatoms. The summed E-state index contributed by atoms with van der Waals surface area (Å²) < 4.78 is 5.95. The lowest BCUT2D eigenvalue weighted by Crippen LogP contribution is -2.24. The van der Waals surface area contributed by atoms with Gasteiger partial charge in [0.1, 0.15) is 17.4 Å². The predicted molar refractivity (Wildman–Crippen MR) is 82.0 cm³/mol. The molecule has 0 fully saturated rings. The maximum atomic E-state index is 11.9. The number of hydrogen-bond donors (Lipinski definition) is 2. The quantitative estimate of drug-likeness (QED) is 0.644. The fourth-order valence-electron chi connectivity index (χ4n) is 1.55. The van der Waals surface area contributed by atoms with E-state index in [0.29, 0.717) is 5.76 Å². The van der Waals surface area contributed by atoms with Crippen molar-refractivity contribution >= 4 is 27.5 Å². The maximum absolute atomic E-state index is 11.9. The van der Waals surface area contributed by atoms with Crippen molar-refractivity contribution in [2.24, 2.45) is 0 Å². The van der Waals surface area contributed by atoms with Gasteiger partial charge in [-0.25, -0.2) is 0 Å². The number of carbonyl (C=O) groups is 1. The minimum atomic E-state index is -0.464. The van der Waals surface area contributed by atoms with Gasteiger partial charge in [0.2, 0.25) is 0 Å². The van der Waals surface area contributed by atoms with Crippen molar-refractivity contribution in [1.82, 2.24) is 5.32 Å². The Balaban J connectivity index is 1.98. The molecule has 0 aliphatic heterocycles. The highest BCUT2D eigenvalue weighted by atomic mass is 79.9. The molecule has 0 unspecified atom stereocenters. The average Bonchev–Trinajstić information content (AvgIpc) is 3.01. The van der Waals surface area contributed by atoms with E-state index in [1.807, 2.05) is 30.3 Å². The number of nitriles is 1. The van der Waals surface area contributed by atoms with Crippen LogP contribution in [0.25, 0.3) is 0 Å². The topological polar surface area (TPSA) is 78.1 Å². The molecule has 1 aromatic carbocycles. The van der Waals surface area contributed by atoms with Gasteiger partial charge in [0, 0.05) is 10.7 Å². The summed E-state index contributed by atoms with van der Waals surface area (Å²) in [6.07, 6.45) is 2.90. The van der Waals surface area contributed by atoms with E-state index < -0.39 is 5.91 Å². The normalized spacial score (nSPS) is 10.8. The molecule has 0 spiro atoms. The van der Waals surface area contributed by atoms with Gasteiger partial charge in [-0.05, 0) is 40.2 Å². The zero-order valence-corrected chi connectivity index (χ0v) is 12.6. The highest BCUT2D eigenvalue weighted by molar-refractivity contribution is 9.10. The molecule has 1 aromatic heterocycles. The van der Waals surface area contributed by atoms with E-state index in [-0.39, 0.29) is 12.1 Å². The van der Waals surface area contributed by atoms with Crippen molar-refractivity contribution in [3.8, 4) is 6.07 Å². The summed E-state index contributed by atoms with van der Waals surface area (Å²) in [4.78, 5) is 11.9. The van der Waals surface area contributed by atoms with Crippen LogP contribution in [0.3, 0.4) is 0 Å². The highest BCUT2D eigenvalue weighted by Crippen LogP contribution is 2.21. The number of furan rings is 1. The fourth-order valence-corrected chi connectivity index (χ4v) is 1.95. The van der Waals surface area contributed by atoms with Crippen LogP contribution in [0.2, 0.25) is 0 Å². The molecular formula is C15H12BrN3O2. The van der Waals surface area contributed by atoms with Gasteiger partial charge in [-0.2, -0.15) is 5.26 Å². The van der Waals surface area contributed by atoms with Crippen molar-refractivity contribution in [3.05, 3.63) is 64.7 Å². The summed E-state index contributed by atoms with van der Waals surface area (Å²) in [6, 6.07) is 12.8. The SMILES string of the molecule is N#C/C(=C/Nc1ccccc1Br)C(=O)NCc1ccco1. The van der Waals surface area contributed by atoms with Crippen LogP contribution < -0.4 is 10.6 Å². The summed E-state index contributed by atoms with van der Waals surface area (Å²) in [5, 5.41) is 14.6. The number of benzene rings is 1. The standard InChI is InChI=1S/C15H12BrN3O2/c16-13-5-1-2-6-14(13)18-9-11(8-17)15(20)19-10-12-4-3-7-21-12/h1-7,9,18H,10H2,(H,19,20)/b11-9-. The second-order valence-electron chi connectivity index (χ2n) is 4.06. The Morgan fingerprint density at radius 2 is 2.14 bits per heavy atom. The van der Waals surface area contributed by atoms with Gasteiger partial charge in [0.15, 0.2) is 0 Å². The molecule has 2 rings (SSSR count). The number of halogens is 1. The molecule has 0 saturated heterocycles. The Labute approximate surface area is 130 Å². The number of para-hydroxylation sites is 1. The summed E-state index contributed by atoms with van der Waals surface area (Å²) in [6.45, 7) is 0.236. The van der Waals surface area contributed by atoms with Crippen LogP contribution in [-0.4, -0.2) is 5.91 Å². The fraction of sp³-hybridized carbons (Fsp3) is 0.0667. The van der Waals surface area contributed by atoms with Crippen molar-refractivity contribution in [2.45, 2.75) is 6.54 Å². The summed E-state index contributed by atoms with van der Waals surface area (Å²) >= 11 is 3.37. The Morgan fingerprint density at radius 3 is 2.81 bits per heavy atom. The molecule has 0 saturated carbocycles. The molecule has 106 valence electrons. The van der Waals surface area contributed by atoms with Crippen molar-refractivity contribution in [3.63, 3.8) is 0 Å². The molecule has 0 aliphatic carbocycles. The molecule has 0 aliphatic rings. The van der Waals surface area contributed by atoms with Gasteiger partial charge in [0.25, 0.3) is 5.91 Å². The van der Waals surface area contributed by atoms with E-state index in [1.54, 1.807) is 12.1 Å². The Kier molecular flexibility index (Phi) is 5.18. The van der Waals surface area contributed by atoms with Gasteiger partial charge in [-0.15, -0.1) is 0 Å². The number of amides is 1. The van der Waals surface area contributed by atoms with Crippen molar-refractivity contribution < 1.29 is 9.21 Å². The lowest BCUT2D eigenvalue weighted by Gasteiger charge is -2.05. The Hall–Kier alpha value is -2.52. The van der Waals surface area contributed by atoms with Gasteiger partial charge in [0.05, 0.1) is 18.5 Å². The third-order valence-electron chi connectivity index (χ3n) is 2.61. The zero-order valence-electron chi connectivity index (χ0n) is 11.0. The number of hydrogen-bond acceptors (Lipinski definition) is 4. The van der Waals surface area contributed by atoms with Crippen LogP contribution in [-0.2, 0) is 11.3 Å².